The van der Waals surface area contributed by atoms with Gasteiger partial charge in [0.05, 0.1) is 12.5 Å². The predicted molar refractivity (Wildman–Crippen MR) is 67.3 cm³/mol. The minimum atomic E-state index is 0.193. The van der Waals surface area contributed by atoms with E-state index < -0.39 is 0 Å². The van der Waals surface area contributed by atoms with Crippen LogP contribution < -0.4 is 5.73 Å². The third-order valence-corrected chi connectivity index (χ3v) is 2.77. The highest BCUT2D eigenvalue weighted by Crippen LogP contribution is 2.08. The van der Waals surface area contributed by atoms with Gasteiger partial charge in [0.25, 0.3) is 0 Å². The van der Waals surface area contributed by atoms with Crippen LogP contribution >= 0.6 is 0 Å². The number of furan rings is 1. The van der Waals surface area contributed by atoms with E-state index in [0.717, 1.165) is 37.8 Å². The lowest BCUT2D eigenvalue weighted by molar-refractivity contribution is -0.130. The fraction of sp³-hybridized carbons (Fsp3) is 0.615. The molecule has 0 bridgehead atoms. The summed E-state index contributed by atoms with van der Waals surface area (Å²) in [5.41, 5.74) is 6.44. The Morgan fingerprint density at radius 1 is 1.35 bits per heavy atom. The molecular weight excluding hydrogens is 216 g/mol. The van der Waals surface area contributed by atoms with Gasteiger partial charge in [0, 0.05) is 25.6 Å². The second-order valence-corrected chi connectivity index (χ2v) is 4.33. The molecule has 0 atom stereocenters. The lowest BCUT2D eigenvalue weighted by atomic mass is 10.1. The van der Waals surface area contributed by atoms with Crippen molar-refractivity contribution in [3.05, 3.63) is 24.2 Å². The molecule has 0 aliphatic heterocycles. The first-order chi connectivity index (χ1) is 8.24. The first kappa shape index (κ1) is 13.8. The number of amides is 1. The third-order valence-electron chi connectivity index (χ3n) is 2.77. The molecule has 1 aromatic rings. The molecule has 1 rings (SSSR count). The van der Waals surface area contributed by atoms with Crippen LogP contribution in [-0.4, -0.2) is 24.4 Å². The number of unbranched alkanes of at least 4 members (excludes halogenated alkanes) is 3. The second kappa shape index (κ2) is 7.90. The Morgan fingerprint density at radius 3 is 2.76 bits per heavy atom. The van der Waals surface area contributed by atoms with Crippen molar-refractivity contribution >= 4 is 5.91 Å². The van der Waals surface area contributed by atoms with Gasteiger partial charge in [0.15, 0.2) is 0 Å². The molecular formula is C13H22N2O2. The molecule has 4 heteroatoms. The number of carbonyl (C=O) groups is 1. The average Bonchev–Trinajstić information content (AvgIpc) is 2.81. The molecule has 0 aliphatic rings. The third kappa shape index (κ3) is 5.54. The summed E-state index contributed by atoms with van der Waals surface area (Å²) in [6, 6.07) is 1.88. The molecule has 4 nitrogen and oxygen atoms in total. The van der Waals surface area contributed by atoms with Crippen LogP contribution in [-0.2, 0) is 11.3 Å². The van der Waals surface area contributed by atoms with Crippen LogP contribution in [0.3, 0.4) is 0 Å². The van der Waals surface area contributed by atoms with Crippen molar-refractivity contribution in [1.29, 1.82) is 0 Å². The molecule has 0 fully saturated rings. The number of hydrogen-bond acceptors (Lipinski definition) is 3. The fourth-order valence-electron chi connectivity index (χ4n) is 1.71. The molecule has 0 radical (unpaired) electrons. The average molecular weight is 238 g/mol. The molecule has 0 unspecified atom stereocenters. The van der Waals surface area contributed by atoms with Gasteiger partial charge in [-0.2, -0.15) is 0 Å². The maximum absolute atomic E-state index is 11.8. The van der Waals surface area contributed by atoms with E-state index in [9.17, 15) is 4.79 Å². The number of hydrogen-bond donors (Lipinski definition) is 1. The Morgan fingerprint density at radius 2 is 2.12 bits per heavy atom. The number of nitrogens with two attached hydrogens (primary N) is 1. The maximum Gasteiger partial charge on any atom is 0.222 e. The van der Waals surface area contributed by atoms with Gasteiger partial charge in [-0.15, -0.1) is 0 Å². The van der Waals surface area contributed by atoms with Crippen LogP contribution in [0.2, 0.25) is 0 Å². The minimum absolute atomic E-state index is 0.193. The highest BCUT2D eigenvalue weighted by molar-refractivity contribution is 5.75. The molecule has 17 heavy (non-hydrogen) atoms. The van der Waals surface area contributed by atoms with Crippen LogP contribution in [0.15, 0.2) is 23.0 Å². The van der Waals surface area contributed by atoms with Gasteiger partial charge in [-0.1, -0.05) is 12.8 Å². The van der Waals surface area contributed by atoms with E-state index in [0.29, 0.717) is 13.0 Å². The van der Waals surface area contributed by atoms with Crippen LogP contribution in [0.5, 0.6) is 0 Å². The molecule has 0 aromatic carbocycles. The van der Waals surface area contributed by atoms with E-state index in [4.69, 9.17) is 10.2 Å². The summed E-state index contributed by atoms with van der Waals surface area (Å²) in [5.74, 6) is 0.193. The monoisotopic (exact) mass is 238 g/mol. The highest BCUT2D eigenvalue weighted by Gasteiger charge is 2.09. The summed E-state index contributed by atoms with van der Waals surface area (Å²) >= 11 is 0. The van der Waals surface area contributed by atoms with E-state index in [1.165, 1.54) is 0 Å². The van der Waals surface area contributed by atoms with Gasteiger partial charge in [0.1, 0.15) is 0 Å². The molecule has 0 saturated carbocycles. The molecule has 1 amide bonds. The molecule has 1 heterocycles. The summed E-state index contributed by atoms with van der Waals surface area (Å²) in [6.45, 7) is 1.37. The molecule has 0 saturated heterocycles. The van der Waals surface area contributed by atoms with Crippen molar-refractivity contribution in [1.82, 2.24) is 4.90 Å². The highest BCUT2D eigenvalue weighted by atomic mass is 16.3. The number of nitrogens with zero attached hydrogens (tertiary/aromatic N) is 1. The summed E-state index contributed by atoms with van der Waals surface area (Å²) in [6.07, 6.45) is 8.13. The lowest BCUT2D eigenvalue weighted by Crippen LogP contribution is -2.25. The van der Waals surface area contributed by atoms with Crippen molar-refractivity contribution in [3.8, 4) is 0 Å². The van der Waals surface area contributed by atoms with Gasteiger partial charge in [-0.25, -0.2) is 0 Å². The van der Waals surface area contributed by atoms with Crippen LogP contribution in [0.25, 0.3) is 0 Å². The second-order valence-electron chi connectivity index (χ2n) is 4.33. The van der Waals surface area contributed by atoms with Crippen molar-refractivity contribution < 1.29 is 9.21 Å². The Kier molecular flexibility index (Phi) is 6.40. The van der Waals surface area contributed by atoms with Crippen molar-refractivity contribution in [3.63, 3.8) is 0 Å². The topological polar surface area (TPSA) is 59.5 Å². The largest absolute Gasteiger partial charge is 0.472 e. The summed E-state index contributed by atoms with van der Waals surface area (Å²) in [5, 5.41) is 0. The van der Waals surface area contributed by atoms with Gasteiger partial charge in [-0.3, -0.25) is 4.79 Å². The Bertz CT molecular complexity index is 309. The van der Waals surface area contributed by atoms with E-state index in [1.807, 2.05) is 13.1 Å². The molecule has 96 valence electrons. The van der Waals surface area contributed by atoms with Gasteiger partial charge >= 0.3 is 0 Å². The lowest BCUT2D eigenvalue weighted by Gasteiger charge is -2.15. The quantitative estimate of drug-likeness (QED) is 0.706. The summed E-state index contributed by atoms with van der Waals surface area (Å²) < 4.78 is 4.97. The smallest absolute Gasteiger partial charge is 0.222 e. The van der Waals surface area contributed by atoms with Gasteiger partial charge < -0.3 is 15.1 Å². The first-order valence-corrected chi connectivity index (χ1v) is 6.19. The molecule has 0 spiro atoms. The van der Waals surface area contributed by atoms with Crippen molar-refractivity contribution in [2.45, 2.75) is 38.6 Å². The summed E-state index contributed by atoms with van der Waals surface area (Å²) in [7, 11) is 1.83. The minimum Gasteiger partial charge on any atom is -0.472 e. The molecule has 0 aliphatic carbocycles. The zero-order valence-corrected chi connectivity index (χ0v) is 10.5. The Hall–Kier alpha value is -1.29. The summed E-state index contributed by atoms with van der Waals surface area (Å²) in [4.78, 5) is 13.5. The normalized spacial score (nSPS) is 10.5. The zero-order chi connectivity index (χ0) is 12.5. The number of rotatable bonds is 8. The van der Waals surface area contributed by atoms with E-state index in [1.54, 1.807) is 17.4 Å². The van der Waals surface area contributed by atoms with Crippen molar-refractivity contribution in [2.24, 2.45) is 5.73 Å². The first-order valence-electron chi connectivity index (χ1n) is 6.19. The van der Waals surface area contributed by atoms with Gasteiger partial charge in [0.2, 0.25) is 5.91 Å². The van der Waals surface area contributed by atoms with E-state index in [-0.39, 0.29) is 5.91 Å². The van der Waals surface area contributed by atoms with Gasteiger partial charge in [-0.05, 0) is 25.5 Å². The van der Waals surface area contributed by atoms with Crippen LogP contribution in [0, 0.1) is 0 Å². The SMILES string of the molecule is CN(Cc1ccoc1)C(=O)CCCCCCN. The van der Waals surface area contributed by atoms with Crippen molar-refractivity contribution in [2.75, 3.05) is 13.6 Å². The van der Waals surface area contributed by atoms with Crippen LogP contribution in [0.4, 0.5) is 0 Å². The predicted octanol–water partition coefficient (Wildman–Crippen LogP) is 2.15. The van der Waals surface area contributed by atoms with E-state index >= 15 is 0 Å². The number of carbonyl (C=O) groups excluding carboxylic acids is 1. The van der Waals surface area contributed by atoms with E-state index in [2.05, 4.69) is 0 Å². The molecule has 2 N–H and O–H groups in total. The Balaban J connectivity index is 2.14. The zero-order valence-electron chi connectivity index (χ0n) is 10.5. The maximum atomic E-state index is 11.8. The fourth-order valence-corrected chi connectivity index (χ4v) is 1.71. The Labute approximate surface area is 103 Å². The standard InChI is InChI=1S/C13H22N2O2/c1-15(10-12-7-9-17-11-12)13(16)6-4-2-3-5-8-14/h7,9,11H,2-6,8,10,14H2,1H3. The van der Waals surface area contributed by atoms with Crippen LogP contribution in [0.1, 0.15) is 37.7 Å². The molecule has 1 aromatic heterocycles.